The summed E-state index contributed by atoms with van der Waals surface area (Å²) in [4.78, 5) is 2.45. The first-order valence-electron chi connectivity index (χ1n) is 7.48. The molecule has 3 N–H and O–H groups in total. The monoisotopic (exact) mass is 277 g/mol. The first kappa shape index (κ1) is 15.0. The number of nitrogen functional groups attached to an aromatic ring is 1. The number of hydrogen-bond donors (Lipinski definition) is 2. The van der Waals surface area contributed by atoms with Gasteiger partial charge in [0.05, 0.1) is 0 Å². The molecule has 1 aromatic rings. The van der Waals surface area contributed by atoms with Crippen LogP contribution in [0.5, 0.6) is 0 Å². The van der Waals surface area contributed by atoms with Crippen molar-refractivity contribution in [1.82, 2.24) is 4.90 Å². The summed E-state index contributed by atoms with van der Waals surface area (Å²) in [5, 5.41) is 7.45. The highest BCUT2D eigenvalue weighted by atomic mass is 19.1. The van der Waals surface area contributed by atoms with Crippen LogP contribution < -0.4 is 5.73 Å². The highest BCUT2D eigenvalue weighted by Gasteiger charge is 2.21. The lowest BCUT2D eigenvalue weighted by molar-refractivity contribution is 0.131. The van der Waals surface area contributed by atoms with Gasteiger partial charge < -0.3 is 5.73 Å². The number of nitrogens with one attached hydrogen (secondary N) is 1. The lowest BCUT2D eigenvalue weighted by Gasteiger charge is -2.35. The lowest BCUT2D eigenvalue weighted by atomic mass is 9.97. The molecule has 1 heterocycles. The van der Waals surface area contributed by atoms with Gasteiger partial charge in [0.1, 0.15) is 11.7 Å². The number of rotatable bonds is 5. The highest BCUT2D eigenvalue weighted by molar-refractivity contribution is 5.95. The van der Waals surface area contributed by atoms with Crippen molar-refractivity contribution in [1.29, 1.82) is 5.41 Å². The molecule has 1 unspecified atom stereocenters. The van der Waals surface area contributed by atoms with Crippen molar-refractivity contribution in [2.75, 3.05) is 6.54 Å². The van der Waals surface area contributed by atoms with E-state index in [2.05, 4.69) is 11.8 Å². The Balaban J connectivity index is 2.13. The number of hydrogen-bond acceptors (Lipinski definition) is 2. The van der Waals surface area contributed by atoms with Crippen LogP contribution in [0.25, 0.3) is 0 Å². The second-order valence-corrected chi connectivity index (χ2v) is 5.67. The predicted molar refractivity (Wildman–Crippen MR) is 80.4 cm³/mol. The largest absolute Gasteiger partial charge is 0.384 e. The van der Waals surface area contributed by atoms with E-state index in [0.29, 0.717) is 11.6 Å². The molecule has 20 heavy (non-hydrogen) atoms. The van der Waals surface area contributed by atoms with Gasteiger partial charge in [-0.2, -0.15) is 0 Å². The van der Waals surface area contributed by atoms with Gasteiger partial charge in [0.2, 0.25) is 0 Å². The standard InChI is InChI=1S/C16H24FN3/c1-2-5-15-6-3-4-7-20(15)11-12-8-13(16(18)19)10-14(17)9-12/h8-10,15H,2-7,11H2,1H3,(H3,18,19). The molecule has 1 saturated heterocycles. The first-order valence-corrected chi connectivity index (χ1v) is 7.48. The van der Waals surface area contributed by atoms with Crippen molar-refractivity contribution in [3.63, 3.8) is 0 Å². The summed E-state index contributed by atoms with van der Waals surface area (Å²) in [6.45, 7) is 4.04. The topological polar surface area (TPSA) is 53.1 Å². The SMILES string of the molecule is CCCC1CCCCN1Cc1cc(F)cc(C(=N)N)c1. The van der Waals surface area contributed by atoms with E-state index in [0.717, 1.165) is 18.7 Å². The maximum atomic E-state index is 13.6. The zero-order chi connectivity index (χ0) is 14.5. The Bertz CT molecular complexity index is 471. The van der Waals surface area contributed by atoms with Gasteiger partial charge in [-0.25, -0.2) is 4.39 Å². The fraction of sp³-hybridized carbons (Fsp3) is 0.562. The Kier molecular flexibility index (Phi) is 5.12. The second kappa shape index (κ2) is 6.84. The number of piperidine rings is 1. The van der Waals surface area contributed by atoms with E-state index in [4.69, 9.17) is 11.1 Å². The smallest absolute Gasteiger partial charge is 0.124 e. The number of nitrogens with zero attached hydrogens (tertiary/aromatic N) is 1. The van der Waals surface area contributed by atoms with Crippen molar-refractivity contribution in [3.8, 4) is 0 Å². The van der Waals surface area contributed by atoms with Crippen LogP contribution in [0.3, 0.4) is 0 Å². The van der Waals surface area contributed by atoms with Crippen LogP contribution in [0.15, 0.2) is 18.2 Å². The minimum absolute atomic E-state index is 0.0745. The molecule has 0 radical (unpaired) electrons. The molecule has 1 atom stereocenters. The van der Waals surface area contributed by atoms with Crippen LogP contribution in [-0.4, -0.2) is 23.3 Å². The third-order valence-corrected chi connectivity index (χ3v) is 4.03. The summed E-state index contributed by atoms with van der Waals surface area (Å²) in [5.74, 6) is -0.383. The molecular formula is C16H24FN3. The third-order valence-electron chi connectivity index (χ3n) is 4.03. The van der Waals surface area contributed by atoms with Gasteiger partial charge in [0.15, 0.2) is 0 Å². The minimum Gasteiger partial charge on any atom is -0.384 e. The van der Waals surface area contributed by atoms with E-state index in [1.807, 2.05) is 6.07 Å². The molecule has 0 aliphatic carbocycles. The molecule has 0 bridgehead atoms. The Morgan fingerprint density at radius 2 is 2.20 bits per heavy atom. The van der Waals surface area contributed by atoms with Crippen LogP contribution in [0, 0.1) is 11.2 Å². The second-order valence-electron chi connectivity index (χ2n) is 5.67. The van der Waals surface area contributed by atoms with Gasteiger partial charge in [-0.3, -0.25) is 10.3 Å². The summed E-state index contributed by atoms with van der Waals surface area (Å²) in [5.41, 5.74) is 6.85. The molecular weight excluding hydrogens is 253 g/mol. The molecule has 2 rings (SSSR count). The van der Waals surface area contributed by atoms with Gasteiger partial charge in [-0.1, -0.05) is 19.8 Å². The van der Waals surface area contributed by atoms with Crippen molar-refractivity contribution in [2.24, 2.45) is 5.73 Å². The Morgan fingerprint density at radius 1 is 1.40 bits per heavy atom. The molecule has 0 aromatic heterocycles. The zero-order valence-corrected chi connectivity index (χ0v) is 12.2. The van der Waals surface area contributed by atoms with Crippen molar-refractivity contribution in [3.05, 3.63) is 35.1 Å². The van der Waals surface area contributed by atoms with E-state index < -0.39 is 0 Å². The molecule has 0 spiro atoms. The highest BCUT2D eigenvalue weighted by Crippen LogP contribution is 2.23. The predicted octanol–water partition coefficient (Wildman–Crippen LogP) is 3.26. The van der Waals surface area contributed by atoms with Crippen LogP contribution in [-0.2, 0) is 6.54 Å². The molecule has 1 aliphatic heterocycles. The van der Waals surface area contributed by atoms with Gasteiger partial charge in [0, 0.05) is 18.2 Å². The Labute approximate surface area is 120 Å². The van der Waals surface area contributed by atoms with Crippen LogP contribution in [0.4, 0.5) is 4.39 Å². The lowest BCUT2D eigenvalue weighted by Crippen LogP contribution is -2.38. The van der Waals surface area contributed by atoms with Gasteiger partial charge in [-0.05, 0) is 49.6 Å². The molecule has 0 saturated carbocycles. The van der Waals surface area contributed by atoms with Crippen molar-refractivity contribution < 1.29 is 4.39 Å². The molecule has 3 nitrogen and oxygen atoms in total. The van der Waals surface area contributed by atoms with Crippen molar-refractivity contribution >= 4 is 5.84 Å². The maximum absolute atomic E-state index is 13.6. The summed E-state index contributed by atoms with van der Waals surface area (Å²) in [6, 6.07) is 5.33. The summed E-state index contributed by atoms with van der Waals surface area (Å²) in [6.07, 6.45) is 6.14. The fourth-order valence-corrected chi connectivity index (χ4v) is 3.06. The van der Waals surface area contributed by atoms with E-state index in [9.17, 15) is 4.39 Å². The molecule has 1 aliphatic rings. The quantitative estimate of drug-likeness (QED) is 0.641. The number of amidine groups is 1. The number of halogens is 1. The Hall–Kier alpha value is -1.42. The van der Waals surface area contributed by atoms with Gasteiger partial charge in [0.25, 0.3) is 0 Å². The molecule has 1 fully saturated rings. The Morgan fingerprint density at radius 3 is 2.90 bits per heavy atom. The molecule has 1 aromatic carbocycles. The van der Waals surface area contributed by atoms with Crippen LogP contribution >= 0.6 is 0 Å². The van der Waals surface area contributed by atoms with E-state index in [1.165, 1.54) is 38.2 Å². The molecule has 110 valence electrons. The number of benzene rings is 1. The maximum Gasteiger partial charge on any atom is 0.124 e. The van der Waals surface area contributed by atoms with Crippen molar-refractivity contribution in [2.45, 2.75) is 51.6 Å². The average Bonchev–Trinajstić information content (AvgIpc) is 2.40. The fourth-order valence-electron chi connectivity index (χ4n) is 3.06. The summed E-state index contributed by atoms with van der Waals surface area (Å²) in [7, 11) is 0. The average molecular weight is 277 g/mol. The normalized spacial score (nSPS) is 20.0. The molecule has 0 amide bonds. The molecule has 4 heteroatoms. The summed E-state index contributed by atoms with van der Waals surface area (Å²) >= 11 is 0. The van der Waals surface area contributed by atoms with E-state index >= 15 is 0 Å². The summed E-state index contributed by atoms with van der Waals surface area (Å²) < 4.78 is 13.6. The van der Waals surface area contributed by atoms with E-state index in [1.54, 1.807) is 6.07 Å². The van der Waals surface area contributed by atoms with Crippen LogP contribution in [0.1, 0.15) is 50.2 Å². The van der Waals surface area contributed by atoms with Crippen LogP contribution in [0.2, 0.25) is 0 Å². The van der Waals surface area contributed by atoms with E-state index in [-0.39, 0.29) is 11.7 Å². The zero-order valence-electron chi connectivity index (χ0n) is 12.2. The minimum atomic E-state index is -0.309. The third kappa shape index (κ3) is 3.79. The number of likely N-dealkylation sites (tertiary alicyclic amines) is 1. The first-order chi connectivity index (χ1) is 9.60. The van der Waals surface area contributed by atoms with Gasteiger partial charge >= 0.3 is 0 Å². The van der Waals surface area contributed by atoms with Gasteiger partial charge in [-0.15, -0.1) is 0 Å². The number of nitrogens with two attached hydrogens (primary N) is 1.